The molecule has 1 atom stereocenters. The molecule has 0 aliphatic rings. The Morgan fingerprint density at radius 3 is 2.09 bits per heavy atom. The van der Waals surface area contributed by atoms with Crippen LogP contribution in [-0.2, 0) is 13.9 Å². The van der Waals surface area contributed by atoms with Gasteiger partial charge in [0.25, 0.3) is 0 Å². The average Bonchev–Trinajstić information content (AvgIpc) is 1.60. The minimum atomic E-state index is -5.01. The average molecular weight is 191 g/mol. The van der Waals surface area contributed by atoms with Crippen LogP contribution in [0.25, 0.3) is 0 Å². The summed E-state index contributed by atoms with van der Waals surface area (Å²) in [6.45, 7) is 2.69. The van der Waals surface area contributed by atoms with Crippen LogP contribution >= 0.6 is 7.82 Å². The number of carbonyl (C=O) groups is 1. The Bertz CT molecular complexity index is 206. The maximum atomic E-state index is 9.78. The summed E-state index contributed by atoms with van der Waals surface area (Å²) >= 11 is 0. The summed E-state index contributed by atoms with van der Waals surface area (Å²) in [6, 6.07) is 0. The Morgan fingerprint density at radius 1 is 1.64 bits per heavy atom. The molecule has 0 aromatic rings. The third-order valence-electron chi connectivity index (χ3n) is 0.464. The van der Waals surface area contributed by atoms with Crippen molar-refractivity contribution in [1.82, 2.24) is 0 Å². The number of phosphoric ester groups is 1. The monoisotopic (exact) mass is 191 g/mol. The van der Waals surface area contributed by atoms with E-state index in [9.17, 15) is 14.3 Å². The van der Waals surface area contributed by atoms with Gasteiger partial charge in [-0.2, -0.15) is 0 Å². The second-order valence-corrected chi connectivity index (χ2v) is 2.41. The molecule has 0 saturated heterocycles. The second-order valence-electron chi connectivity index (χ2n) is 1.29. The van der Waals surface area contributed by atoms with E-state index in [0.29, 0.717) is 0 Å². The summed E-state index contributed by atoms with van der Waals surface area (Å²) in [5, 5.41) is 7.95. The van der Waals surface area contributed by atoms with E-state index in [-0.39, 0.29) is 29.6 Å². The van der Waals surface area contributed by atoms with Gasteiger partial charge in [0.1, 0.15) is 0 Å². The third kappa shape index (κ3) is 8.06. The second kappa shape index (κ2) is 4.92. The molecular weight excluding hydrogens is 187 g/mol. The quantitative estimate of drug-likeness (QED) is 0.155. The van der Waals surface area contributed by atoms with Gasteiger partial charge in [0.15, 0.2) is 0 Å². The van der Waals surface area contributed by atoms with Gasteiger partial charge >= 0.3 is 43.3 Å². The molecule has 0 fully saturated rings. The standard InChI is InChI=1S/C3H5O6P.Na/c1-2(3(4)5)9-10(6,7)8;/h1H2,(H,4,5)(H2,6,7,8);/q;+1/p-1/i3+1;. The summed E-state index contributed by atoms with van der Waals surface area (Å²) in [5.41, 5.74) is 0. The topological polar surface area (TPSA) is 107 Å². The molecule has 11 heavy (non-hydrogen) atoms. The SMILES string of the molecule is C=C(OP(=O)([O-])O)[13C](=O)O.[Na+]. The molecule has 0 rings (SSSR count). The fourth-order valence-corrected chi connectivity index (χ4v) is 0.535. The number of hydrogen-bond acceptors (Lipinski definition) is 4. The molecule has 0 aromatic heterocycles. The number of carboxylic acids is 1. The number of hydrogen-bond donors (Lipinski definition) is 2. The first-order valence-corrected chi connectivity index (χ1v) is 3.48. The molecule has 0 aliphatic heterocycles. The Labute approximate surface area is 84.4 Å². The van der Waals surface area contributed by atoms with Gasteiger partial charge in [-0.15, -0.1) is 0 Å². The first-order chi connectivity index (χ1) is 4.33. The molecule has 1 unspecified atom stereocenters. The van der Waals surface area contributed by atoms with E-state index in [2.05, 4.69) is 11.1 Å². The molecule has 0 saturated carbocycles. The van der Waals surface area contributed by atoms with E-state index in [0.717, 1.165) is 0 Å². The largest absolute Gasteiger partial charge is 1.00 e. The smallest absolute Gasteiger partial charge is 0.746 e. The summed E-state index contributed by atoms with van der Waals surface area (Å²) in [7, 11) is -5.01. The van der Waals surface area contributed by atoms with Crippen molar-refractivity contribution in [3.8, 4) is 0 Å². The van der Waals surface area contributed by atoms with Gasteiger partial charge in [0, 0.05) is 0 Å². The van der Waals surface area contributed by atoms with E-state index in [4.69, 9.17) is 10.00 Å². The Hall–Kier alpha value is 0.160. The van der Waals surface area contributed by atoms with Crippen molar-refractivity contribution in [2.45, 2.75) is 0 Å². The van der Waals surface area contributed by atoms with Crippen molar-refractivity contribution in [3.05, 3.63) is 12.3 Å². The molecule has 0 heterocycles. The number of aliphatic carboxylic acids is 1. The van der Waals surface area contributed by atoms with Crippen molar-refractivity contribution in [2.75, 3.05) is 0 Å². The molecule has 2 N–H and O–H groups in total. The first-order valence-electron chi connectivity index (χ1n) is 1.98. The van der Waals surface area contributed by atoms with Gasteiger partial charge in [0.05, 0.1) is 0 Å². The molecule has 8 heteroatoms. The zero-order valence-electron chi connectivity index (χ0n) is 5.68. The van der Waals surface area contributed by atoms with Crippen molar-refractivity contribution in [2.24, 2.45) is 0 Å². The molecular formula is C3H4NaO6P. The van der Waals surface area contributed by atoms with Crippen LogP contribution < -0.4 is 34.5 Å². The van der Waals surface area contributed by atoms with Crippen LogP contribution in [-0.4, -0.2) is 16.0 Å². The molecule has 0 aliphatic carbocycles. The van der Waals surface area contributed by atoms with Gasteiger partial charge in [-0.25, -0.2) is 4.79 Å². The van der Waals surface area contributed by atoms with Crippen LogP contribution in [0.15, 0.2) is 12.3 Å². The van der Waals surface area contributed by atoms with E-state index in [1.807, 2.05) is 0 Å². The van der Waals surface area contributed by atoms with Crippen LogP contribution in [0.4, 0.5) is 0 Å². The fourth-order valence-electron chi connectivity index (χ4n) is 0.178. The van der Waals surface area contributed by atoms with E-state index in [1.54, 1.807) is 0 Å². The van der Waals surface area contributed by atoms with E-state index >= 15 is 0 Å². The maximum absolute atomic E-state index is 9.78. The summed E-state index contributed by atoms with van der Waals surface area (Å²) in [4.78, 5) is 27.5. The summed E-state index contributed by atoms with van der Waals surface area (Å²) in [5.74, 6) is -2.69. The normalized spacial score (nSPS) is 14.0. The number of rotatable bonds is 3. The van der Waals surface area contributed by atoms with Gasteiger partial charge in [-0.3, -0.25) is 4.57 Å². The number of carboxylic acid groups (broad SMARTS) is 1. The molecule has 58 valence electrons. The predicted octanol–water partition coefficient (Wildman–Crippen LogP) is -3.93. The predicted molar refractivity (Wildman–Crippen MR) is 27.7 cm³/mol. The zero-order chi connectivity index (χ0) is 8.36. The van der Waals surface area contributed by atoms with Crippen molar-refractivity contribution < 1.29 is 58.3 Å². The molecule has 0 aromatic carbocycles. The first kappa shape index (κ1) is 13.7. The summed E-state index contributed by atoms with van der Waals surface area (Å²) in [6.07, 6.45) is 0. The minimum absolute atomic E-state index is 0. The van der Waals surface area contributed by atoms with Gasteiger partial charge < -0.3 is 19.4 Å². The molecule has 6 nitrogen and oxygen atoms in total. The van der Waals surface area contributed by atoms with Crippen LogP contribution in [0.5, 0.6) is 0 Å². The van der Waals surface area contributed by atoms with Crippen molar-refractivity contribution >= 4 is 13.8 Å². The van der Waals surface area contributed by atoms with Gasteiger partial charge in [0.2, 0.25) is 5.76 Å². The van der Waals surface area contributed by atoms with E-state index < -0.39 is 19.6 Å². The van der Waals surface area contributed by atoms with Crippen LogP contribution in [0, 0.1) is 0 Å². The Balaban J connectivity index is 0. The number of phosphoric acid groups is 1. The van der Waals surface area contributed by atoms with E-state index in [1.165, 1.54) is 0 Å². The van der Waals surface area contributed by atoms with Crippen molar-refractivity contribution in [3.63, 3.8) is 0 Å². The van der Waals surface area contributed by atoms with Crippen LogP contribution in [0.3, 0.4) is 0 Å². The van der Waals surface area contributed by atoms with Gasteiger partial charge in [-0.1, -0.05) is 0 Å². The molecule has 0 amide bonds. The van der Waals surface area contributed by atoms with Crippen LogP contribution in [0.1, 0.15) is 0 Å². The fraction of sp³-hybridized carbons (Fsp3) is 0. The molecule has 0 spiro atoms. The third-order valence-corrected chi connectivity index (χ3v) is 0.915. The summed E-state index contributed by atoms with van der Waals surface area (Å²) < 4.78 is 13.2. The Morgan fingerprint density at radius 2 is 2.00 bits per heavy atom. The molecule has 0 bridgehead atoms. The van der Waals surface area contributed by atoms with Crippen molar-refractivity contribution in [1.29, 1.82) is 0 Å². The molecule has 0 radical (unpaired) electrons. The van der Waals surface area contributed by atoms with Crippen LogP contribution in [0.2, 0.25) is 0 Å². The zero-order valence-corrected chi connectivity index (χ0v) is 8.58. The minimum Gasteiger partial charge on any atom is -0.746 e. The Kier molecular flexibility index (Phi) is 6.14. The van der Waals surface area contributed by atoms with Gasteiger partial charge in [-0.05, 0) is 6.58 Å². The maximum Gasteiger partial charge on any atom is 1.00 e.